The van der Waals surface area contributed by atoms with Crippen LogP contribution < -0.4 is 9.96 Å². The van der Waals surface area contributed by atoms with Crippen LogP contribution in [0.3, 0.4) is 0 Å². The lowest BCUT2D eigenvalue weighted by Crippen LogP contribution is -2.26. The number of halogens is 1. The number of carbonyl (C=O) groups is 2. The Kier molecular flexibility index (Phi) is 5.73. The highest BCUT2D eigenvalue weighted by atomic mass is 19.1. The summed E-state index contributed by atoms with van der Waals surface area (Å²) < 4.78 is 13.1. The number of hydroxylamine groups is 2. The number of amides is 1. The van der Waals surface area contributed by atoms with E-state index in [9.17, 15) is 19.2 Å². The molecule has 3 rings (SSSR count). The van der Waals surface area contributed by atoms with Crippen LogP contribution in [-0.4, -0.2) is 31.3 Å². The Morgan fingerprint density at radius 1 is 1.42 bits per heavy atom. The number of ketones is 1. The van der Waals surface area contributed by atoms with Crippen LogP contribution in [-0.2, 0) is 4.79 Å². The standard InChI is InChI=1S/C20H27FN2O3/c1-14(15-5-2-6-17(24)12-15)4-3-9-22-20(25)16-7-8-18(21)19(13-16)23(26)10-11-23/h7-8,13-15H,2-6,9-12H2,1H3,(H,22,25). The maximum absolute atomic E-state index is 13.8. The molecule has 5 nitrogen and oxygen atoms in total. The van der Waals surface area contributed by atoms with Crippen molar-refractivity contribution in [2.75, 3.05) is 19.6 Å². The van der Waals surface area contributed by atoms with Crippen LogP contribution in [0.2, 0.25) is 0 Å². The zero-order chi connectivity index (χ0) is 18.7. The van der Waals surface area contributed by atoms with Gasteiger partial charge in [-0.05, 0) is 49.7 Å². The van der Waals surface area contributed by atoms with Gasteiger partial charge in [-0.1, -0.05) is 6.92 Å². The average Bonchev–Trinajstić information content (AvgIpc) is 3.37. The van der Waals surface area contributed by atoms with E-state index in [-0.39, 0.29) is 11.6 Å². The Morgan fingerprint density at radius 3 is 2.88 bits per heavy atom. The summed E-state index contributed by atoms with van der Waals surface area (Å²) in [6.07, 6.45) is 5.34. The molecule has 1 aromatic rings. The van der Waals surface area contributed by atoms with Gasteiger partial charge in [0.25, 0.3) is 5.91 Å². The van der Waals surface area contributed by atoms with Gasteiger partial charge in [0.15, 0.2) is 11.5 Å². The lowest BCUT2D eigenvalue weighted by atomic mass is 9.78. The SMILES string of the molecule is CC(CCCNC(=O)c1ccc(F)c([N+]2([O-])CC2)c1)C1CCCC(=O)C1. The summed E-state index contributed by atoms with van der Waals surface area (Å²) in [6, 6.07) is 3.99. The van der Waals surface area contributed by atoms with Gasteiger partial charge in [0.1, 0.15) is 18.9 Å². The topological polar surface area (TPSA) is 69.2 Å². The Balaban J connectivity index is 1.45. The highest BCUT2D eigenvalue weighted by Gasteiger charge is 2.38. The molecule has 2 aliphatic rings. The molecule has 2 atom stereocenters. The van der Waals surface area contributed by atoms with Gasteiger partial charge in [-0.25, -0.2) is 4.39 Å². The van der Waals surface area contributed by atoms with E-state index in [2.05, 4.69) is 12.2 Å². The molecule has 142 valence electrons. The third-order valence-corrected chi connectivity index (χ3v) is 5.72. The molecule has 0 aromatic heterocycles. The molecule has 1 aliphatic carbocycles. The van der Waals surface area contributed by atoms with Crippen molar-refractivity contribution in [3.63, 3.8) is 0 Å². The number of hydrogen-bond donors (Lipinski definition) is 1. The quantitative estimate of drug-likeness (QED) is 0.349. The monoisotopic (exact) mass is 362 g/mol. The van der Waals surface area contributed by atoms with Crippen LogP contribution in [0.5, 0.6) is 0 Å². The number of Topliss-reactive ketones (excluding diaryl/α,β-unsaturated/α-hetero) is 1. The molecule has 1 amide bonds. The second-order valence-electron chi connectivity index (χ2n) is 7.77. The van der Waals surface area contributed by atoms with Gasteiger partial charge < -0.3 is 15.2 Å². The summed E-state index contributed by atoms with van der Waals surface area (Å²) in [5.74, 6) is 0.487. The zero-order valence-corrected chi connectivity index (χ0v) is 15.3. The van der Waals surface area contributed by atoms with E-state index in [1.54, 1.807) is 0 Å². The maximum Gasteiger partial charge on any atom is 0.251 e. The molecular formula is C20H27FN2O3. The van der Waals surface area contributed by atoms with Crippen molar-refractivity contribution >= 4 is 17.4 Å². The van der Waals surface area contributed by atoms with E-state index < -0.39 is 10.5 Å². The third-order valence-electron chi connectivity index (χ3n) is 5.72. The summed E-state index contributed by atoms with van der Waals surface area (Å²) in [4.78, 5) is 23.8. The van der Waals surface area contributed by atoms with E-state index in [0.717, 1.165) is 32.1 Å². The van der Waals surface area contributed by atoms with Crippen LogP contribution in [0.25, 0.3) is 0 Å². The molecule has 26 heavy (non-hydrogen) atoms. The van der Waals surface area contributed by atoms with E-state index in [4.69, 9.17) is 0 Å². The van der Waals surface area contributed by atoms with Crippen molar-refractivity contribution in [1.29, 1.82) is 0 Å². The molecule has 2 fully saturated rings. The molecule has 0 radical (unpaired) electrons. The van der Waals surface area contributed by atoms with E-state index >= 15 is 0 Å². The minimum absolute atomic E-state index is 0.0493. The van der Waals surface area contributed by atoms with E-state index in [1.165, 1.54) is 18.2 Å². The first-order chi connectivity index (χ1) is 12.4. The van der Waals surface area contributed by atoms with Crippen molar-refractivity contribution in [3.8, 4) is 0 Å². The number of hydrogen-bond acceptors (Lipinski definition) is 3. The first-order valence-electron chi connectivity index (χ1n) is 9.57. The number of rotatable bonds is 7. The Labute approximate surface area is 153 Å². The first kappa shape index (κ1) is 19.0. The second-order valence-corrected chi connectivity index (χ2v) is 7.77. The summed E-state index contributed by atoms with van der Waals surface area (Å²) in [7, 11) is 0. The number of nitrogens with one attached hydrogen (secondary N) is 1. The Bertz CT molecular complexity index is 688. The van der Waals surface area contributed by atoms with Crippen molar-refractivity contribution in [3.05, 3.63) is 34.8 Å². The number of nitrogens with zero attached hydrogens (tertiary/aromatic N) is 1. The van der Waals surface area contributed by atoms with Gasteiger partial charge in [-0.15, -0.1) is 0 Å². The Hall–Kier alpha value is -1.79. The molecule has 6 heteroatoms. The summed E-state index contributed by atoms with van der Waals surface area (Å²) >= 11 is 0. The molecule has 1 saturated heterocycles. The molecule has 1 aromatic carbocycles. The van der Waals surface area contributed by atoms with Gasteiger partial charge in [-0.3, -0.25) is 9.59 Å². The molecule has 2 unspecified atom stereocenters. The molecule has 0 spiro atoms. The van der Waals surface area contributed by atoms with E-state index in [1.807, 2.05) is 0 Å². The fourth-order valence-corrected chi connectivity index (χ4v) is 3.81. The molecule has 1 aliphatic heterocycles. The van der Waals surface area contributed by atoms with Crippen molar-refractivity contribution < 1.29 is 14.0 Å². The van der Waals surface area contributed by atoms with Crippen LogP contribution in [0.4, 0.5) is 10.1 Å². The minimum Gasteiger partial charge on any atom is -0.627 e. The lowest BCUT2D eigenvalue weighted by Gasteiger charge is -2.26. The molecular weight excluding hydrogens is 335 g/mol. The molecule has 0 bridgehead atoms. The lowest BCUT2D eigenvalue weighted by molar-refractivity contribution is -0.122. The summed E-state index contributed by atoms with van der Waals surface area (Å²) in [6.45, 7) is 3.44. The number of carbonyl (C=O) groups excluding carboxylic acids is 2. The molecule has 1 saturated carbocycles. The van der Waals surface area contributed by atoms with Gasteiger partial charge in [0.05, 0.1) is 0 Å². The van der Waals surface area contributed by atoms with Crippen LogP contribution in [0.1, 0.15) is 55.8 Å². The van der Waals surface area contributed by atoms with Crippen molar-refractivity contribution in [1.82, 2.24) is 9.96 Å². The zero-order valence-electron chi connectivity index (χ0n) is 15.3. The largest absolute Gasteiger partial charge is 0.627 e. The summed E-state index contributed by atoms with van der Waals surface area (Å²) in [5.41, 5.74) is 0.376. The predicted molar refractivity (Wildman–Crippen MR) is 99.0 cm³/mol. The average molecular weight is 362 g/mol. The fraction of sp³-hybridized carbons (Fsp3) is 0.600. The molecule has 1 N–H and O–H groups in total. The van der Waals surface area contributed by atoms with Crippen molar-refractivity contribution in [2.45, 2.75) is 45.4 Å². The minimum atomic E-state index is -0.676. The van der Waals surface area contributed by atoms with Crippen LogP contribution in [0, 0.1) is 22.9 Å². The van der Waals surface area contributed by atoms with Crippen LogP contribution >= 0.6 is 0 Å². The van der Waals surface area contributed by atoms with Crippen LogP contribution in [0.15, 0.2) is 18.2 Å². The smallest absolute Gasteiger partial charge is 0.251 e. The van der Waals surface area contributed by atoms with Gasteiger partial charge in [0.2, 0.25) is 0 Å². The van der Waals surface area contributed by atoms with Gasteiger partial charge >= 0.3 is 0 Å². The second kappa shape index (κ2) is 7.84. The third kappa shape index (κ3) is 4.48. The summed E-state index contributed by atoms with van der Waals surface area (Å²) in [5, 5.41) is 14.9. The number of benzene rings is 1. The maximum atomic E-state index is 13.8. The Morgan fingerprint density at radius 2 is 2.19 bits per heavy atom. The van der Waals surface area contributed by atoms with Crippen molar-refractivity contribution in [2.24, 2.45) is 11.8 Å². The van der Waals surface area contributed by atoms with Gasteiger partial charge in [-0.2, -0.15) is 0 Å². The first-order valence-corrected chi connectivity index (χ1v) is 9.57. The highest BCUT2D eigenvalue weighted by molar-refractivity contribution is 5.95. The predicted octanol–water partition coefficient (Wildman–Crippen LogP) is 3.55. The molecule has 1 heterocycles. The van der Waals surface area contributed by atoms with Gasteiger partial charge in [0, 0.05) is 31.0 Å². The van der Waals surface area contributed by atoms with E-state index in [0.29, 0.717) is 49.2 Å². The normalized spacial score (nSPS) is 22.7. The highest BCUT2D eigenvalue weighted by Crippen LogP contribution is 2.34. The number of quaternary nitrogens is 1. The fourth-order valence-electron chi connectivity index (χ4n) is 3.81.